The lowest BCUT2D eigenvalue weighted by molar-refractivity contribution is 0.102. The number of likely N-dealkylation sites (N-methyl/N-ethyl adjacent to an activating group) is 1. The number of piperazine rings is 1. The van der Waals surface area contributed by atoms with Gasteiger partial charge >= 0.3 is 0 Å². The molecule has 2 heterocycles. The fourth-order valence-corrected chi connectivity index (χ4v) is 3.01. The number of nitrogens with zero attached hydrogens (tertiary/aromatic N) is 4. The fraction of sp³-hybridized carbons (Fsp3) is 0.450. The molecule has 1 aliphatic rings. The van der Waals surface area contributed by atoms with Gasteiger partial charge in [-0.3, -0.25) is 4.79 Å². The number of ether oxygens (including phenoxy) is 1. The van der Waals surface area contributed by atoms with Crippen molar-refractivity contribution in [3.63, 3.8) is 0 Å². The Hall–Kier alpha value is -2.67. The van der Waals surface area contributed by atoms with Crippen LogP contribution in [0.2, 0.25) is 0 Å². The molecule has 0 saturated carbocycles. The normalized spacial score (nSPS) is 15.0. The van der Waals surface area contributed by atoms with Crippen LogP contribution in [0, 0.1) is 0 Å². The summed E-state index contributed by atoms with van der Waals surface area (Å²) in [4.78, 5) is 25.9. The predicted octanol–water partition coefficient (Wildman–Crippen LogP) is 2.66. The maximum Gasteiger partial charge on any atom is 0.275 e. The van der Waals surface area contributed by atoms with Crippen LogP contribution in [-0.4, -0.2) is 59.6 Å². The monoisotopic (exact) mass is 369 g/mol. The van der Waals surface area contributed by atoms with Gasteiger partial charge in [-0.15, -0.1) is 0 Å². The molecule has 7 heteroatoms. The van der Waals surface area contributed by atoms with E-state index >= 15 is 0 Å². The third kappa shape index (κ3) is 4.95. The van der Waals surface area contributed by atoms with Crippen LogP contribution in [-0.2, 0) is 0 Å². The molecule has 1 aromatic carbocycles. The van der Waals surface area contributed by atoms with Gasteiger partial charge in [-0.05, 0) is 32.5 Å². The largest absolute Gasteiger partial charge is 0.489 e. The van der Waals surface area contributed by atoms with Gasteiger partial charge in [0.05, 0.1) is 24.2 Å². The molecule has 1 saturated heterocycles. The molecular weight excluding hydrogens is 342 g/mol. The Balaban J connectivity index is 1.65. The van der Waals surface area contributed by atoms with Gasteiger partial charge in [0.2, 0.25) is 0 Å². The number of aromatic nitrogens is 2. The van der Waals surface area contributed by atoms with Crippen LogP contribution in [0.4, 0.5) is 11.5 Å². The number of hydrogen-bond acceptors (Lipinski definition) is 6. The van der Waals surface area contributed by atoms with E-state index in [1.165, 1.54) is 6.20 Å². The Morgan fingerprint density at radius 2 is 1.89 bits per heavy atom. The number of hydrogen-bond donors (Lipinski definition) is 1. The van der Waals surface area contributed by atoms with E-state index in [1.54, 1.807) is 6.20 Å². The highest BCUT2D eigenvalue weighted by Crippen LogP contribution is 2.25. The summed E-state index contributed by atoms with van der Waals surface area (Å²) in [6, 6.07) is 7.37. The molecule has 1 fully saturated rings. The lowest BCUT2D eigenvalue weighted by Crippen LogP contribution is -2.46. The van der Waals surface area contributed by atoms with Gasteiger partial charge in [0.1, 0.15) is 17.3 Å². The highest BCUT2D eigenvalue weighted by molar-refractivity contribution is 6.03. The summed E-state index contributed by atoms with van der Waals surface area (Å²) in [7, 11) is 0. The number of carbonyl (C=O) groups excluding carboxylic acids is 1. The number of carbonyl (C=O) groups is 1. The Bertz CT molecular complexity index is 755. The molecule has 144 valence electrons. The highest BCUT2D eigenvalue weighted by atomic mass is 16.5. The van der Waals surface area contributed by atoms with Crippen molar-refractivity contribution in [2.75, 3.05) is 42.9 Å². The molecule has 3 rings (SSSR count). The second kappa shape index (κ2) is 8.81. The molecule has 1 N–H and O–H groups in total. The van der Waals surface area contributed by atoms with Crippen molar-refractivity contribution in [3.8, 4) is 5.75 Å². The standard InChI is InChI=1S/C20H27N5O2/c1-4-24-9-11-25(12-10-24)19-14-21-17(13-22-19)20(26)23-16-7-5-6-8-18(16)27-15(2)3/h5-8,13-15H,4,9-12H2,1-3H3,(H,23,26). The van der Waals surface area contributed by atoms with Crippen LogP contribution >= 0.6 is 0 Å². The van der Waals surface area contributed by atoms with Gasteiger partial charge in [-0.1, -0.05) is 19.1 Å². The van der Waals surface area contributed by atoms with Crippen molar-refractivity contribution in [1.29, 1.82) is 0 Å². The average Bonchev–Trinajstić information content (AvgIpc) is 2.69. The zero-order chi connectivity index (χ0) is 19.2. The topological polar surface area (TPSA) is 70.6 Å². The highest BCUT2D eigenvalue weighted by Gasteiger charge is 2.18. The Labute approximate surface area is 160 Å². The second-order valence-electron chi connectivity index (χ2n) is 6.80. The van der Waals surface area contributed by atoms with E-state index in [0.29, 0.717) is 11.4 Å². The summed E-state index contributed by atoms with van der Waals surface area (Å²) in [5.41, 5.74) is 0.906. The van der Waals surface area contributed by atoms with Gasteiger partial charge < -0.3 is 19.9 Å². The number of amides is 1. The first-order chi connectivity index (χ1) is 13.1. The molecule has 1 amide bonds. The summed E-state index contributed by atoms with van der Waals surface area (Å²) in [6.45, 7) is 11.0. The second-order valence-corrected chi connectivity index (χ2v) is 6.80. The van der Waals surface area contributed by atoms with Crippen LogP contribution < -0.4 is 15.0 Å². The van der Waals surface area contributed by atoms with Crippen LogP contribution in [0.5, 0.6) is 5.75 Å². The maximum absolute atomic E-state index is 12.5. The van der Waals surface area contributed by atoms with E-state index in [-0.39, 0.29) is 17.7 Å². The Morgan fingerprint density at radius 3 is 2.52 bits per heavy atom. The Morgan fingerprint density at radius 1 is 1.15 bits per heavy atom. The molecule has 2 aromatic rings. The summed E-state index contributed by atoms with van der Waals surface area (Å²) >= 11 is 0. The zero-order valence-corrected chi connectivity index (χ0v) is 16.2. The fourth-order valence-electron chi connectivity index (χ4n) is 3.01. The minimum Gasteiger partial charge on any atom is -0.489 e. The quantitative estimate of drug-likeness (QED) is 0.844. The van der Waals surface area contributed by atoms with Crippen molar-refractivity contribution in [3.05, 3.63) is 42.4 Å². The van der Waals surface area contributed by atoms with Crippen molar-refractivity contribution in [1.82, 2.24) is 14.9 Å². The van der Waals surface area contributed by atoms with Gasteiger partial charge in [0, 0.05) is 26.2 Å². The lowest BCUT2D eigenvalue weighted by atomic mass is 10.2. The summed E-state index contributed by atoms with van der Waals surface area (Å²) < 4.78 is 5.74. The van der Waals surface area contributed by atoms with E-state index in [1.807, 2.05) is 38.1 Å². The molecule has 27 heavy (non-hydrogen) atoms. The molecule has 0 radical (unpaired) electrons. The van der Waals surface area contributed by atoms with Crippen molar-refractivity contribution in [2.24, 2.45) is 0 Å². The van der Waals surface area contributed by atoms with Gasteiger partial charge in [0.25, 0.3) is 5.91 Å². The molecular formula is C20H27N5O2. The zero-order valence-electron chi connectivity index (χ0n) is 16.2. The first-order valence-electron chi connectivity index (χ1n) is 9.43. The van der Waals surface area contributed by atoms with Crippen molar-refractivity contribution >= 4 is 17.4 Å². The molecule has 0 aliphatic carbocycles. The Kier molecular flexibility index (Phi) is 6.24. The summed E-state index contributed by atoms with van der Waals surface area (Å²) in [6.07, 6.45) is 3.23. The minimum atomic E-state index is -0.301. The lowest BCUT2D eigenvalue weighted by Gasteiger charge is -2.34. The predicted molar refractivity (Wildman–Crippen MR) is 107 cm³/mol. The van der Waals surface area contributed by atoms with Gasteiger partial charge in [0.15, 0.2) is 0 Å². The van der Waals surface area contributed by atoms with Crippen LogP contribution in [0.15, 0.2) is 36.7 Å². The third-order valence-electron chi connectivity index (χ3n) is 4.51. The van der Waals surface area contributed by atoms with E-state index in [0.717, 1.165) is 38.5 Å². The number of rotatable bonds is 6. The molecule has 0 spiro atoms. The molecule has 0 unspecified atom stereocenters. The van der Waals surface area contributed by atoms with E-state index in [2.05, 4.69) is 32.0 Å². The molecule has 1 aromatic heterocycles. The summed E-state index contributed by atoms with van der Waals surface area (Å²) in [5.74, 6) is 1.15. The SMILES string of the molecule is CCN1CCN(c2cnc(C(=O)Nc3ccccc3OC(C)C)cn2)CC1. The molecule has 7 nitrogen and oxygen atoms in total. The minimum absolute atomic E-state index is 0.0234. The third-order valence-corrected chi connectivity index (χ3v) is 4.51. The van der Waals surface area contributed by atoms with E-state index < -0.39 is 0 Å². The number of benzene rings is 1. The summed E-state index contributed by atoms with van der Waals surface area (Å²) in [5, 5.41) is 2.86. The van der Waals surface area contributed by atoms with Gasteiger partial charge in [-0.2, -0.15) is 0 Å². The number of nitrogens with one attached hydrogen (secondary N) is 1. The number of anilines is 2. The first kappa shape index (κ1) is 19.1. The van der Waals surface area contributed by atoms with E-state index in [4.69, 9.17) is 4.74 Å². The first-order valence-corrected chi connectivity index (χ1v) is 9.43. The van der Waals surface area contributed by atoms with Crippen LogP contribution in [0.1, 0.15) is 31.3 Å². The molecule has 0 atom stereocenters. The van der Waals surface area contributed by atoms with Crippen molar-refractivity contribution in [2.45, 2.75) is 26.9 Å². The maximum atomic E-state index is 12.5. The van der Waals surface area contributed by atoms with E-state index in [9.17, 15) is 4.79 Å². The van der Waals surface area contributed by atoms with Crippen molar-refractivity contribution < 1.29 is 9.53 Å². The number of para-hydroxylation sites is 2. The smallest absolute Gasteiger partial charge is 0.275 e. The van der Waals surface area contributed by atoms with Gasteiger partial charge in [-0.25, -0.2) is 9.97 Å². The molecule has 0 bridgehead atoms. The average molecular weight is 369 g/mol. The van der Waals surface area contributed by atoms with Crippen LogP contribution in [0.3, 0.4) is 0 Å². The molecule has 1 aliphatic heterocycles. The van der Waals surface area contributed by atoms with Crippen LogP contribution in [0.25, 0.3) is 0 Å².